The molecule has 0 bridgehead atoms. The van der Waals surface area contributed by atoms with E-state index in [1.807, 2.05) is 37.4 Å². The van der Waals surface area contributed by atoms with Crippen LogP contribution in [-0.2, 0) is 16.0 Å². The number of anilines is 2. The SMILES string of the molecule is Cc1ccc(C)c(NC(=O)Cc2csc(SCC(=O)Nc3ccc(Cl)cc3)n2)c1. The molecule has 0 radical (unpaired) electrons. The number of aryl methyl sites for hydroxylation is 2. The summed E-state index contributed by atoms with van der Waals surface area (Å²) in [5, 5.41) is 8.21. The van der Waals surface area contributed by atoms with E-state index in [2.05, 4.69) is 15.6 Å². The van der Waals surface area contributed by atoms with Gasteiger partial charge in [0, 0.05) is 21.8 Å². The number of thioether (sulfide) groups is 1. The van der Waals surface area contributed by atoms with Crippen LogP contribution in [0.1, 0.15) is 16.8 Å². The Hall–Kier alpha value is -2.35. The predicted molar refractivity (Wildman–Crippen MR) is 121 cm³/mol. The number of carbonyl (C=O) groups excluding carboxylic acids is 2. The maximum absolute atomic E-state index is 12.3. The number of rotatable bonds is 7. The maximum Gasteiger partial charge on any atom is 0.234 e. The fourth-order valence-electron chi connectivity index (χ4n) is 2.52. The number of aromatic nitrogens is 1. The number of amides is 2. The highest BCUT2D eigenvalue weighted by molar-refractivity contribution is 8.01. The molecule has 0 unspecified atom stereocenters. The molecule has 2 amide bonds. The Morgan fingerprint density at radius 3 is 2.59 bits per heavy atom. The van der Waals surface area contributed by atoms with Gasteiger partial charge in [-0.2, -0.15) is 0 Å². The summed E-state index contributed by atoms with van der Waals surface area (Å²) in [6, 6.07) is 12.9. The molecule has 1 heterocycles. The Bertz CT molecular complexity index is 1020. The third-order valence-corrected chi connectivity index (χ3v) is 6.32. The van der Waals surface area contributed by atoms with Gasteiger partial charge in [0.2, 0.25) is 11.8 Å². The molecular weight excluding hydrogens is 426 g/mol. The van der Waals surface area contributed by atoms with E-state index in [0.717, 1.165) is 21.2 Å². The van der Waals surface area contributed by atoms with Gasteiger partial charge in [0.25, 0.3) is 0 Å². The number of halogens is 1. The first-order valence-corrected chi connectivity index (χ1v) is 11.1. The lowest BCUT2D eigenvalue weighted by molar-refractivity contribution is -0.116. The lowest BCUT2D eigenvalue weighted by atomic mass is 10.1. The molecule has 0 aliphatic carbocycles. The maximum atomic E-state index is 12.3. The van der Waals surface area contributed by atoms with Gasteiger partial charge in [-0.25, -0.2) is 4.98 Å². The summed E-state index contributed by atoms with van der Waals surface area (Å²) in [6.45, 7) is 3.95. The molecule has 0 saturated carbocycles. The quantitative estimate of drug-likeness (QED) is 0.482. The summed E-state index contributed by atoms with van der Waals surface area (Å²) in [6.07, 6.45) is 0.196. The van der Waals surface area contributed by atoms with Crippen LogP contribution in [0.2, 0.25) is 5.02 Å². The van der Waals surface area contributed by atoms with Gasteiger partial charge in [0.15, 0.2) is 4.34 Å². The minimum absolute atomic E-state index is 0.110. The van der Waals surface area contributed by atoms with E-state index in [9.17, 15) is 9.59 Å². The Morgan fingerprint density at radius 2 is 1.83 bits per heavy atom. The molecule has 3 aromatic rings. The van der Waals surface area contributed by atoms with Crippen molar-refractivity contribution in [3.05, 3.63) is 69.7 Å². The van der Waals surface area contributed by atoms with Gasteiger partial charge in [-0.3, -0.25) is 9.59 Å². The van der Waals surface area contributed by atoms with Crippen LogP contribution in [-0.4, -0.2) is 22.6 Å². The van der Waals surface area contributed by atoms with Crippen LogP contribution in [0.5, 0.6) is 0 Å². The number of nitrogens with zero attached hydrogens (tertiary/aromatic N) is 1. The fraction of sp³-hybridized carbons (Fsp3) is 0.190. The molecule has 2 N–H and O–H groups in total. The minimum Gasteiger partial charge on any atom is -0.325 e. The second-order valence-corrected chi connectivity index (χ2v) is 9.01. The van der Waals surface area contributed by atoms with E-state index >= 15 is 0 Å². The molecule has 0 aliphatic heterocycles. The van der Waals surface area contributed by atoms with Crippen molar-refractivity contribution in [2.75, 3.05) is 16.4 Å². The van der Waals surface area contributed by atoms with Crippen LogP contribution in [0.15, 0.2) is 52.2 Å². The highest BCUT2D eigenvalue weighted by Crippen LogP contribution is 2.24. The van der Waals surface area contributed by atoms with Crippen LogP contribution in [0.4, 0.5) is 11.4 Å². The van der Waals surface area contributed by atoms with E-state index in [1.54, 1.807) is 24.3 Å². The fourth-order valence-corrected chi connectivity index (χ4v) is 4.29. The molecule has 29 heavy (non-hydrogen) atoms. The zero-order chi connectivity index (χ0) is 20.8. The average Bonchev–Trinajstić information content (AvgIpc) is 3.12. The highest BCUT2D eigenvalue weighted by Gasteiger charge is 2.11. The molecule has 0 saturated heterocycles. The second kappa shape index (κ2) is 9.91. The Kier molecular flexibility index (Phi) is 7.30. The van der Waals surface area contributed by atoms with Gasteiger partial charge >= 0.3 is 0 Å². The molecule has 3 rings (SSSR count). The van der Waals surface area contributed by atoms with Gasteiger partial charge in [0.05, 0.1) is 17.9 Å². The number of hydrogen-bond donors (Lipinski definition) is 2. The Morgan fingerprint density at radius 1 is 1.07 bits per heavy atom. The van der Waals surface area contributed by atoms with Gasteiger partial charge < -0.3 is 10.6 Å². The van der Waals surface area contributed by atoms with Crippen molar-refractivity contribution in [1.82, 2.24) is 4.98 Å². The molecule has 0 atom stereocenters. The zero-order valence-corrected chi connectivity index (χ0v) is 18.4. The predicted octanol–water partition coefficient (Wildman–Crippen LogP) is 5.33. The van der Waals surface area contributed by atoms with Crippen molar-refractivity contribution in [3.8, 4) is 0 Å². The highest BCUT2D eigenvalue weighted by atomic mass is 35.5. The third-order valence-electron chi connectivity index (χ3n) is 3.99. The van der Waals surface area contributed by atoms with Crippen molar-refractivity contribution in [1.29, 1.82) is 0 Å². The standard InChI is InChI=1S/C21H20ClN3O2S2/c1-13-3-4-14(2)18(9-13)25-19(26)10-17-11-28-21(24-17)29-12-20(27)23-16-7-5-15(22)6-8-16/h3-9,11H,10,12H2,1-2H3,(H,23,27)(H,25,26). The largest absolute Gasteiger partial charge is 0.325 e. The van der Waals surface area contributed by atoms with Gasteiger partial charge in [-0.05, 0) is 55.3 Å². The second-order valence-electron chi connectivity index (χ2n) is 6.49. The summed E-state index contributed by atoms with van der Waals surface area (Å²) < 4.78 is 0.755. The molecular formula is C21H20ClN3O2S2. The van der Waals surface area contributed by atoms with Crippen LogP contribution in [0.25, 0.3) is 0 Å². The van der Waals surface area contributed by atoms with E-state index in [1.165, 1.54) is 23.1 Å². The smallest absolute Gasteiger partial charge is 0.234 e. The number of nitrogens with one attached hydrogen (secondary N) is 2. The van der Waals surface area contributed by atoms with Crippen LogP contribution >= 0.6 is 34.7 Å². The summed E-state index contributed by atoms with van der Waals surface area (Å²) in [7, 11) is 0. The minimum atomic E-state index is -0.123. The van der Waals surface area contributed by atoms with E-state index < -0.39 is 0 Å². The topological polar surface area (TPSA) is 71.1 Å². The number of thiazole rings is 1. The van der Waals surface area contributed by atoms with Crippen molar-refractivity contribution in [2.45, 2.75) is 24.6 Å². The molecule has 1 aromatic heterocycles. The molecule has 5 nitrogen and oxygen atoms in total. The first-order valence-electron chi connectivity index (χ1n) is 8.89. The normalized spacial score (nSPS) is 10.6. The first kappa shape index (κ1) is 21.4. The molecule has 150 valence electrons. The Balaban J connectivity index is 1.48. The monoisotopic (exact) mass is 445 g/mol. The lowest BCUT2D eigenvalue weighted by Gasteiger charge is -2.08. The van der Waals surface area contributed by atoms with E-state index in [0.29, 0.717) is 16.4 Å². The molecule has 0 fully saturated rings. The van der Waals surface area contributed by atoms with Crippen molar-refractivity contribution >= 4 is 57.9 Å². The third kappa shape index (κ3) is 6.59. The summed E-state index contributed by atoms with van der Waals surface area (Å²) in [5.41, 5.74) is 4.32. The van der Waals surface area contributed by atoms with E-state index in [-0.39, 0.29) is 24.0 Å². The summed E-state index contributed by atoms with van der Waals surface area (Å²) >= 11 is 8.61. The number of hydrogen-bond acceptors (Lipinski definition) is 5. The Labute approximate surface area is 182 Å². The van der Waals surface area contributed by atoms with Crippen LogP contribution in [0, 0.1) is 13.8 Å². The summed E-state index contributed by atoms with van der Waals surface area (Å²) in [5.74, 6) is 0.00679. The van der Waals surface area contributed by atoms with E-state index in [4.69, 9.17) is 11.6 Å². The first-order chi connectivity index (χ1) is 13.9. The summed E-state index contributed by atoms with van der Waals surface area (Å²) in [4.78, 5) is 28.8. The van der Waals surface area contributed by atoms with Crippen molar-refractivity contribution < 1.29 is 9.59 Å². The van der Waals surface area contributed by atoms with Crippen LogP contribution < -0.4 is 10.6 Å². The van der Waals surface area contributed by atoms with Crippen molar-refractivity contribution in [2.24, 2.45) is 0 Å². The van der Waals surface area contributed by atoms with Gasteiger partial charge in [0.1, 0.15) is 0 Å². The van der Waals surface area contributed by atoms with Gasteiger partial charge in [-0.1, -0.05) is 35.5 Å². The van der Waals surface area contributed by atoms with Crippen molar-refractivity contribution in [3.63, 3.8) is 0 Å². The molecule has 2 aromatic carbocycles. The lowest BCUT2D eigenvalue weighted by Crippen LogP contribution is -2.15. The molecule has 0 spiro atoms. The van der Waals surface area contributed by atoms with Gasteiger partial charge in [-0.15, -0.1) is 11.3 Å². The van der Waals surface area contributed by atoms with Crippen LogP contribution in [0.3, 0.4) is 0 Å². The average molecular weight is 446 g/mol. The zero-order valence-electron chi connectivity index (χ0n) is 16.0. The molecule has 8 heteroatoms. The number of benzene rings is 2. The molecule has 0 aliphatic rings. The number of carbonyl (C=O) groups is 2.